The first kappa shape index (κ1) is 21.0. The first-order valence-electron chi connectivity index (χ1n) is 9.26. The van der Waals surface area contributed by atoms with Gasteiger partial charge in [0, 0.05) is 30.5 Å². The lowest BCUT2D eigenvalue weighted by molar-refractivity contribution is 0.0785. The average Bonchev–Trinajstić information content (AvgIpc) is 2.72. The molecule has 2 N–H and O–H groups in total. The van der Waals surface area contributed by atoms with Gasteiger partial charge in [0.2, 0.25) is 0 Å². The van der Waals surface area contributed by atoms with Crippen molar-refractivity contribution in [3.8, 4) is 0 Å². The summed E-state index contributed by atoms with van der Waals surface area (Å²) in [5, 5.41) is 5.46. The van der Waals surface area contributed by atoms with Gasteiger partial charge < -0.3 is 15.5 Å². The summed E-state index contributed by atoms with van der Waals surface area (Å²) in [5.41, 5.74) is 2.76. The number of nitrogens with zero attached hydrogens (tertiary/aromatic N) is 1. The van der Waals surface area contributed by atoms with Gasteiger partial charge in [-0.2, -0.15) is 0 Å². The number of anilines is 2. The number of para-hydroxylation sites is 1. The van der Waals surface area contributed by atoms with E-state index in [0.717, 1.165) is 17.7 Å². The zero-order valence-corrected chi connectivity index (χ0v) is 16.6. The molecule has 3 rings (SSSR count). The Hall–Kier alpha value is -3.74. The SMILES string of the molecule is Cc1ccc(C(=O)N(C)Cc2ccc(F)c(F)c2)cc1NC(=O)Nc1ccccc1. The molecule has 3 amide bonds. The Morgan fingerprint density at radius 2 is 1.63 bits per heavy atom. The predicted octanol–water partition coefficient (Wildman–Crippen LogP) is 5.19. The summed E-state index contributed by atoms with van der Waals surface area (Å²) in [6.45, 7) is 1.93. The average molecular weight is 409 g/mol. The molecule has 0 atom stereocenters. The van der Waals surface area contributed by atoms with Crippen molar-refractivity contribution in [2.24, 2.45) is 0 Å². The van der Waals surface area contributed by atoms with Gasteiger partial charge in [-0.15, -0.1) is 0 Å². The zero-order chi connectivity index (χ0) is 21.7. The maximum Gasteiger partial charge on any atom is 0.323 e. The minimum Gasteiger partial charge on any atom is -0.337 e. The molecule has 0 spiro atoms. The third-order valence-corrected chi connectivity index (χ3v) is 4.51. The summed E-state index contributed by atoms with van der Waals surface area (Å²) >= 11 is 0. The zero-order valence-electron chi connectivity index (χ0n) is 16.6. The number of carbonyl (C=O) groups is 2. The number of nitrogens with one attached hydrogen (secondary N) is 2. The predicted molar refractivity (Wildman–Crippen MR) is 112 cm³/mol. The van der Waals surface area contributed by atoms with E-state index in [0.29, 0.717) is 22.5 Å². The van der Waals surface area contributed by atoms with E-state index in [4.69, 9.17) is 0 Å². The quantitative estimate of drug-likeness (QED) is 0.609. The van der Waals surface area contributed by atoms with E-state index in [2.05, 4.69) is 10.6 Å². The second-order valence-corrected chi connectivity index (χ2v) is 6.88. The Morgan fingerprint density at radius 3 is 2.33 bits per heavy atom. The standard InChI is InChI=1S/C23H21F2N3O2/c1-15-8-10-17(13-21(15)27-23(30)26-18-6-4-3-5-7-18)22(29)28(2)14-16-9-11-19(24)20(25)12-16/h3-13H,14H2,1-2H3,(H2,26,27,30). The van der Waals surface area contributed by atoms with Crippen molar-refractivity contribution >= 4 is 23.3 Å². The summed E-state index contributed by atoms with van der Waals surface area (Å²) in [4.78, 5) is 26.4. The molecule has 0 aromatic heterocycles. The molecule has 0 fully saturated rings. The van der Waals surface area contributed by atoms with Gasteiger partial charge in [-0.25, -0.2) is 13.6 Å². The van der Waals surface area contributed by atoms with Crippen LogP contribution in [-0.4, -0.2) is 23.9 Å². The Balaban J connectivity index is 1.70. The molecule has 30 heavy (non-hydrogen) atoms. The van der Waals surface area contributed by atoms with Gasteiger partial charge >= 0.3 is 6.03 Å². The topological polar surface area (TPSA) is 61.4 Å². The molecule has 0 aliphatic carbocycles. The monoisotopic (exact) mass is 409 g/mol. The third-order valence-electron chi connectivity index (χ3n) is 4.51. The number of hydrogen-bond donors (Lipinski definition) is 2. The smallest absolute Gasteiger partial charge is 0.323 e. The van der Waals surface area contributed by atoms with E-state index in [1.54, 1.807) is 37.4 Å². The fraction of sp³-hybridized carbons (Fsp3) is 0.130. The molecule has 0 heterocycles. The number of halogens is 2. The summed E-state index contributed by atoms with van der Waals surface area (Å²) in [7, 11) is 1.57. The van der Waals surface area contributed by atoms with E-state index >= 15 is 0 Å². The normalized spacial score (nSPS) is 10.4. The maximum atomic E-state index is 13.4. The molecule has 154 valence electrons. The molecule has 3 aromatic carbocycles. The van der Waals surface area contributed by atoms with Crippen molar-refractivity contribution in [2.45, 2.75) is 13.5 Å². The second-order valence-electron chi connectivity index (χ2n) is 6.88. The van der Waals surface area contributed by atoms with Gasteiger partial charge in [0.15, 0.2) is 11.6 Å². The van der Waals surface area contributed by atoms with Crippen molar-refractivity contribution in [1.82, 2.24) is 4.90 Å². The molecule has 0 aliphatic rings. The van der Waals surface area contributed by atoms with Gasteiger partial charge in [-0.1, -0.05) is 30.3 Å². The van der Waals surface area contributed by atoms with Gasteiger partial charge in [-0.3, -0.25) is 4.79 Å². The highest BCUT2D eigenvalue weighted by Gasteiger charge is 2.15. The molecule has 0 aliphatic heterocycles. The minimum atomic E-state index is -0.959. The van der Waals surface area contributed by atoms with Crippen LogP contribution in [0.3, 0.4) is 0 Å². The van der Waals surface area contributed by atoms with E-state index in [9.17, 15) is 18.4 Å². The molecule has 0 bridgehead atoms. The van der Waals surface area contributed by atoms with Crippen LogP contribution in [0.4, 0.5) is 25.0 Å². The molecular formula is C23H21F2N3O2. The highest BCUT2D eigenvalue weighted by Crippen LogP contribution is 2.20. The molecule has 0 radical (unpaired) electrons. The van der Waals surface area contributed by atoms with Crippen LogP contribution in [0.25, 0.3) is 0 Å². The number of urea groups is 1. The summed E-state index contributed by atoms with van der Waals surface area (Å²) in [6, 6.07) is 17.1. The Kier molecular flexibility index (Phi) is 6.41. The van der Waals surface area contributed by atoms with E-state index in [1.165, 1.54) is 11.0 Å². The van der Waals surface area contributed by atoms with E-state index < -0.39 is 17.7 Å². The van der Waals surface area contributed by atoms with E-state index in [-0.39, 0.29) is 12.5 Å². The van der Waals surface area contributed by atoms with Crippen LogP contribution in [0.15, 0.2) is 66.7 Å². The van der Waals surface area contributed by atoms with Gasteiger partial charge in [0.05, 0.1) is 0 Å². The highest BCUT2D eigenvalue weighted by molar-refractivity contribution is 6.02. The highest BCUT2D eigenvalue weighted by atomic mass is 19.2. The molecule has 3 aromatic rings. The van der Waals surface area contributed by atoms with Crippen LogP contribution < -0.4 is 10.6 Å². The van der Waals surface area contributed by atoms with Crippen molar-refractivity contribution < 1.29 is 18.4 Å². The van der Waals surface area contributed by atoms with Crippen molar-refractivity contribution in [2.75, 3.05) is 17.7 Å². The number of benzene rings is 3. The lowest BCUT2D eigenvalue weighted by Crippen LogP contribution is -2.26. The molecule has 7 heteroatoms. The van der Waals surface area contributed by atoms with Crippen LogP contribution in [0.2, 0.25) is 0 Å². The Bertz CT molecular complexity index is 1070. The lowest BCUT2D eigenvalue weighted by atomic mass is 10.1. The van der Waals surface area contributed by atoms with Crippen LogP contribution >= 0.6 is 0 Å². The van der Waals surface area contributed by atoms with Crippen molar-refractivity contribution in [3.63, 3.8) is 0 Å². The molecule has 0 saturated carbocycles. The number of hydrogen-bond acceptors (Lipinski definition) is 2. The van der Waals surface area contributed by atoms with Crippen LogP contribution in [0.5, 0.6) is 0 Å². The Morgan fingerprint density at radius 1 is 0.900 bits per heavy atom. The van der Waals surface area contributed by atoms with Crippen molar-refractivity contribution in [1.29, 1.82) is 0 Å². The van der Waals surface area contributed by atoms with Gasteiger partial charge in [-0.05, 0) is 54.4 Å². The summed E-state index contributed by atoms with van der Waals surface area (Å²) in [6.07, 6.45) is 0. The number of carbonyl (C=O) groups excluding carboxylic acids is 2. The van der Waals surface area contributed by atoms with Crippen LogP contribution in [0.1, 0.15) is 21.5 Å². The number of aryl methyl sites for hydroxylation is 1. The molecule has 0 unspecified atom stereocenters. The number of rotatable bonds is 5. The molecule has 0 saturated heterocycles. The fourth-order valence-corrected chi connectivity index (χ4v) is 2.90. The molecular weight excluding hydrogens is 388 g/mol. The summed E-state index contributed by atoms with van der Waals surface area (Å²) in [5.74, 6) is -2.21. The minimum absolute atomic E-state index is 0.112. The van der Waals surface area contributed by atoms with Gasteiger partial charge in [0.1, 0.15) is 0 Å². The lowest BCUT2D eigenvalue weighted by Gasteiger charge is -2.19. The van der Waals surface area contributed by atoms with Crippen LogP contribution in [-0.2, 0) is 6.54 Å². The molecule has 5 nitrogen and oxygen atoms in total. The largest absolute Gasteiger partial charge is 0.337 e. The second kappa shape index (κ2) is 9.17. The van der Waals surface area contributed by atoms with E-state index in [1.807, 2.05) is 25.1 Å². The van der Waals surface area contributed by atoms with Crippen molar-refractivity contribution in [3.05, 3.63) is 95.1 Å². The maximum absolute atomic E-state index is 13.4. The van der Waals surface area contributed by atoms with Crippen LogP contribution in [0, 0.1) is 18.6 Å². The third kappa shape index (κ3) is 5.20. The first-order chi connectivity index (χ1) is 14.3. The fourth-order valence-electron chi connectivity index (χ4n) is 2.90. The Labute approximate surface area is 173 Å². The summed E-state index contributed by atoms with van der Waals surface area (Å²) < 4.78 is 26.5. The van der Waals surface area contributed by atoms with Gasteiger partial charge in [0.25, 0.3) is 5.91 Å². The number of amides is 3. The first-order valence-corrected chi connectivity index (χ1v) is 9.26.